The van der Waals surface area contributed by atoms with E-state index in [0.717, 1.165) is 4.22 Å². The van der Waals surface area contributed by atoms with Gasteiger partial charge in [0, 0.05) is 0 Å². The number of halogens is 3. The van der Waals surface area contributed by atoms with E-state index in [-0.39, 0.29) is 0 Å². The summed E-state index contributed by atoms with van der Waals surface area (Å²) in [6, 6.07) is 0. The van der Waals surface area contributed by atoms with Crippen LogP contribution in [-0.2, 0) is 5.34 Å². The Bertz CT molecular complexity index is 275. The third kappa shape index (κ3) is 2.74. The van der Waals surface area contributed by atoms with Crippen molar-refractivity contribution in [1.29, 1.82) is 0 Å². The summed E-state index contributed by atoms with van der Waals surface area (Å²) in [5, 5.41) is -1.56. The summed E-state index contributed by atoms with van der Waals surface area (Å²) in [5.74, 6) is 0. The average molecular weight is 548 g/mol. The zero-order valence-electron chi connectivity index (χ0n) is 7.19. The molecule has 1 atom stereocenters. The molecule has 2 aliphatic rings. The van der Waals surface area contributed by atoms with E-state index in [1.165, 1.54) is 25.7 Å². The van der Waals surface area contributed by atoms with E-state index in [9.17, 15) is 0 Å². The molecule has 0 fully saturated rings. The molecule has 13 heavy (non-hydrogen) atoms. The third-order valence-electron chi connectivity index (χ3n) is 2.77. The maximum atomic E-state index is 2.74. The van der Waals surface area contributed by atoms with Gasteiger partial charge in [-0.2, -0.15) is 0 Å². The predicted octanol–water partition coefficient (Wildman–Crippen LogP) is 5.42. The Morgan fingerprint density at radius 1 is 1.15 bits per heavy atom. The molecule has 1 unspecified atom stereocenters. The van der Waals surface area contributed by atoms with Gasteiger partial charge in [-0.05, 0) is 0 Å². The van der Waals surface area contributed by atoms with E-state index in [1.54, 1.807) is 5.57 Å². The quantitative estimate of drug-likeness (QED) is 0.304. The van der Waals surface area contributed by atoms with Crippen LogP contribution < -0.4 is 0 Å². The Labute approximate surface area is 114 Å². The Morgan fingerprint density at radius 2 is 1.85 bits per heavy atom. The molecule has 0 N–H and O–H groups in total. The zero-order valence-corrected chi connectivity index (χ0v) is 15.2. The van der Waals surface area contributed by atoms with E-state index < -0.39 is 5.34 Å². The van der Waals surface area contributed by atoms with E-state index in [0.29, 0.717) is 0 Å². The summed E-state index contributed by atoms with van der Waals surface area (Å²) < 4.78 is 0.872. The SMILES string of the molecule is [I][Ti]([I])([I])[CH]1C=CC2=C1CCCC2. The van der Waals surface area contributed by atoms with Gasteiger partial charge >= 0.3 is 116 Å². The first kappa shape index (κ1) is 11.9. The molecule has 2 aliphatic carbocycles. The minimum absolute atomic E-state index is 0.872. The first-order valence-electron chi connectivity index (χ1n) is 4.56. The molecule has 72 valence electrons. The van der Waals surface area contributed by atoms with Gasteiger partial charge in [-0.25, -0.2) is 0 Å². The first-order valence-corrected chi connectivity index (χ1v) is 20.6. The summed E-state index contributed by atoms with van der Waals surface area (Å²) in [4.78, 5) is 0. The Kier molecular flexibility index (Phi) is 4.30. The van der Waals surface area contributed by atoms with Gasteiger partial charge in [0.2, 0.25) is 0 Å². The molecule has 0 aromatic rings. The molecule has 0 saturated carbocycles. The van der Waals surface area contributed by atoms with Gasteiger partial charge in [-0.15, -0.1) is 0 Å². The molecular formula is C9H11I3Ti. The predicted molar refractivity (Wildman–Crippen MR) is 80.4 cm³/mol. The fraction of sp³-hybridized carbons (Fsp3) is 0.556. The zero-order chi connectivity index (χ0) is 9.47. The summed E-state index contributed by atoms with van der Waals surface area (Å²) in [6.45, 7) is 0. The summed E-state index contributed by atoms with van der Waals surface area (Å²) in [5.41, 5.74) is 3.50. The molecule has 0 spiro atoms. The molecule has 0 bridgehead atoms. The Morgan fingerprint density at radius 3 is 2.54 bits per heavy atom. The number of hydrogen-bond acceptors (Lipinski definition) is 0. The van der Waals surface area contributed by atoms with Crippen LogP contribution in [0.1, 0.15) is 25.7 Å². The van der Waals surface area contributed by atoms with Crippen molar-refractivity contribution in [3.05, 3.63) is 23.3 Å². The number of allylic oxidation sites excluding steroid dienone is 4. The molecule has 0 radical (unpaired) electrons. The number of hydrogen-bond donors (Lipinski definition) is 0. The van der Waals surface area contributed by atoms with E-state index >= 15 is 0 Å². The summed E-state index contributed by atoms with van der Waals surface area (Å²) >= 11 is 8.23. The van der Waals surface area contributed by atoms with E-state index in [4.69, 9.17) is 0 Å². The first-order chi connectivity index (χ1) is 6.09. The summed E-state index contributed by atoms with van der Waals surface area (Å²) in [6.07, 6.45) is 10.5. The van der Waals surface area contributed by atoms with Crippen LogP contribution in [0.15, 0.2) is 23.3 Å². The monoisotopic (exact) mass is 548 g/mol. The molecule has 0 saturated heterocycles. The fourth-order valence-electron chi connectivity index (χ4n) is 2.13. The van der Waals surface area contributed by atoms with Crippen molar-refractivity contribution in [2.75, 3.05) is 0 Å². The molecular weight excluding hydrogens is 537 g/mol. The van der Waals surface area contributed by atoms with Gasteiger partial charge < -0.3 is 0 Å². The molecule has 0 aliphatic heterocycles. The van der Waals surface area contributed by atoms with Crippen molar-refractivity contribution < 1.29 is 5.34 Å². The third-order valence-corrected chi connectivity index (χ3v) is 13.0. The van der Waals surface area contributed by atoms with Crippen LogP contribution in [0.3, 0.4) is 0 Å². The minimum atomic E-state index is -1.56. The van der Waals surface area contributed by atoms with Crippen molar-refractivity contribution in [3.63, 3.8) is 0 Å². The standard InChI is InChI=1S/C9H11.3HI.Ti/c1-2-5-9-7-3-6-8(9)4-1;;;;/h3,6-7H,1-2,4-5H2;3*1H;/q;;;;+3/p-3. The van der Waals surface area contributed by atoms with Crippen LogP contribution in [0.2, 0.25) is 4.22 Å². The number of rotatable bonds is 1. The van der Waals surface area contributed by atoms with Gasteiger partial charge in [-0.1, -0.05) is 0 Å². The van der Waals surface area contributed by atoms with E-state index in [2.05, 4.69) is 69.7 Å². The normalized spacial score (nSPS) is 28.1. The second-order valence-corrected chi connectivity index (χ2v) is 52.9. The fourth-order valence-corrected chi connectivity index (χ4v) is 11.0. The van der Waals surface area contributed by atoms with Crippen LogP contribution in [0, 0.1) is 0 Å². The average Bonchev–Trinajstić information content (AvgIpc) is 2.45. The van der Waals surface area contributed by atoms with Gasteiger partial charge in [0.1, 0.15) is 0 Å². The second-order valence-electron chi connectivity index (χ2n) is 3.64. The van der Waals surface area contributed by atoms with Gasteiger partial charge in [-0.3, -0.25) is 0 Å². The van der Waals surface area contributed by atoms with Gasteiger partial charge in [0.15, 0.2) is 0 Å². The van der Waals surface area contributed by atoms with Crippen molar-refractivity contribution in [2.24, 2.45) is 0 Å². The molecule has 0 aromatic carbocycles. The van der Waals surface area contributed by atoms with Crippen LogP contribution in [0.25, 0.3) is 0 Å². The van der Waals surface area contributed by atoms with Crippen molar-refractivity contribution in [1.82, 2.24) is 0 Å². The molecule has 0 nitrogen and oxygen atoms in total. The molecule has 0 heterocycles. The van der Waals surface area contributed by atoms with Crippen LogP contribution in [-0.4, -0.2) is 0 Å². The Hall–Kier alpha value is 2.38. The topological polar surface area (TPSA) is 0 Å². The van der Waals surface area contributed by atoms with Crippen LogP contribution in [0.4, 0.5) is 0 Å². The van der Waals surface area contributed by atoms with Crippen molar-refractivity contribution in [3.8, 4) is 0 Å². The van der Waals surface area contributed by atoms with Crippen molar-refractivity contribution >= 4 is 57.6 Å². The second kappa shape index (κ2) is 4.71. The van der Waals surface area contributed by atoms with E-state index in [1.807, 2.05) is 5.57 Å². The van der Waals surface area contributed by atoms with Gasteiger partial charge in [0.25, 0.3) is 0 Å². The Balaban J connectivity index is 2.26. The molecule has 2 rings (SSSR count). The molecule has 0 aromatic heterocycles. The molecule has 0 amide bonds. The van der Waals surface area contributed by atoms with Crippen LogP contribution >= 0.6 is 57.6 Å². The summed E-state index contributed by atoms with van der Waals surface area (Å²) in [7, 11) is 0. The van der Waals surface area contributed by atoms with Gasteiger partial charge in [0.05, 0.1) is 0 Å². The molecule has 4 heteroatoms. The maximum absolute atomic E-state index is 2.74. The van der Waals surface area contributed by atoms with Crippen molar-refractivity contribution in [2.45, 2.75) is 29.9 Å². The van der Waals surface area contributed by atoms with Crippen LogP contribution in [0.5, 0.6) is 0 Å².